The summed E-state index contributed by atoms with van der Waals surface area (Å²) in [6.45, 7) is 8.18. The van der Waals surface area contributed by atoms with E-state index in [0.29, 0.717) is 25.2 Å². The van der Waals surface area contributed by atoms with Crippen LogP contribution in [0.25, 0.3) is 0 Å². The van der Waals surface area contributed by atoms with Crippen LogP contribution in [0.5, 0.6) is 0 Å². The number of aliphatic hydroxyl groups is 1. The summed E-state index contributed by atoms with van der Waals surface area (Å²) in [6.07, 6.45) is 10.9. The molecule has 2 fully saturated rings. The van der Waals surface area contributed by atoms with Crippen LogP contribution in [0.4, 0.5) is 5.82 Å². The Kier molecular flexibility index (Phi) is 8.34. The lowest BCUT2D eigenvalue weighted by Gasteiger charge is -2.36. The average molecular weight is 483 g/mol. The van der Waals surface area contributed by atoms with Crippen molar-refractivity contribution in [3.8, 4) is 0 Å². The summed E-state index contributed by atoms with van der Waals surface area (Å²) < 4.78 is 0. The highest BCUT2D eigenvalue weighted by molar-refractivity contribution is 5.82. The van der Waals surface area contributed by atoms with Gasteiger partial charge < -0.3 is 20.6 Å². The lowest BCUT2D eigenvalue weighted by molar-refractivity contribution is -0.132. The van der Waals surface area contributed by atoms with Crippen molar-refractivity contribution in [3.63, 3.8) is 0 Å². The molecule has 1 atom stereocenters. The zero-order chi connectivity index (χ0) is 24.8. The van der Waals surface area contributed by atoms with Crippen LogP contribution in [0.1, 0.15) is 82.4 Å². The fraction of sp³-hybridized carbons (Fsp3) is 0.679. The van der Waals surface area contributed by atoms with E-state index in [1.54, 1.807) is 0 Å². The van der Waals surface area contributed by atoms with E-state index >= 15 is 0 Å². The van der Waals surface area contributed by atoms with Crippen LogP contribution in [0.15, 0.2) is 24.5 Å². The first-order valence-electron chi connectivity index (χ1n) is 13.5. The van der Waals surface area contributed by atoms with Crippen LogP contribution in [-0.4, -0.2) is 52.5 Å². The molecule has 2 amide bonds. The molecule has 3 N–H and O–H groups in total. The third kappa shape index (κ3) is 6.56. The second-order valence-corrected chi connectivity index (χ2v) is 11.0. The van der Waals surface area contributed by atoms with Crippen molar-refractivity contribution >= 4 is 17.6 Å². The van der Waals surface area contributed by atoms with Gasteiger partial charge in [-0.1, -0.05) is 38.8 Å². The van der Waals surface area contributed by atoms with Crippen molar-refractivity contribution in [1.82, 2.24) is 15.2 Å². The van der Waals surface area contributed by atoms with E-state index in [1.807, 2.05) is 11.8 Å². The van der Waals surface area contributed by atoms with Crippen molar-refractivity contribution in [3.05, 3.63) is 35.7 Å². The number of aliphatic hydroxyl groups excluding tert-OH is 1. The fourth-order valence-corrected chi connectivity index (χ4v) is 5.82. The first kappa shape index (κ1) is 25.5. The molecule has 0 aromatic carbocycles. The minimum absolute atomic E-state index is 0.0308. The van der Waals surface area contributed by atoms with Crippen LogP contribution in [0, 0.1) is 11.3 Å². The predicted octanol–water partition coefficient (Wildman–Crippen LogP) is 4.53. The Labute approximate surface area is 209 Å². The number of rotatable bonds is 8. The maximum atomic E-state index is 13.0. The standard InChI is InChI=1S/C28H42N4O3/c1-20(33)24(31-27(35)28(2)14-4-3-5-15-28)19-21-12-17-32(18-13-21)25(34)11-10-23-9-8-22-7-6-16-29-26(22)30-23/h8-9,21,24,33H,1,3-7,10-19H2,2H3,(H,29,30)(H,31,35). The van der Waals surface area contributed by atoms with E-state index in [2.05, 4.69) is 29.3 Å². The summed E-state index contributed by atoms with van der Waals surface area (Å²) in [7, 11) is 0. The van der Waals surface area contributed by atoms with Gasteiger partial charge >= 0.3 is 0 Å². The van der Waals surface area contributed by atoms with Gasteiger partial charge in [-0.2, -0.15) is 0 Å². The summed E-state index contributed by atoms with van der Waals surface area (Å²) in [5.41, 5.74) is 1.89. The Morgan fingerprint density at radius 1 is 1.23 bits per heavy atom. The molecule has 0 spiro atoms. The van der Waals surface area contributed by atoms with Gasteiger partial charge in [0.2, 0.25) is 11.8 Å². The molecule has 7 heteroatoms. The maximum absolute atomic E-state index is 13.0. The number of amides is 2. The number of hydrogen-bond acceptors (Lipinski definition) is 5. The topological polar surface area (TPSA) is 94.6 Å². The van der Waals surface area contributed by atoms with E-state index in [0.717, 1.165) is 82.5 Å². The number of carbonyl (C=O) groups is 2. The van der Waals surface area contributed by atoms with Crippen molar-refractivity contribution < 1.29 is 14.7 Å². The molecule has 0 radical (unpaired) electrons. The second kappa shape index (κ2) is 11.4. The lowest BCUT2D eigenvalue weighted by Crippen LogP contribution is -2.47. The number of aryl methyl sites for hydroxylation is 2. The second-order valence-electron chi connectivity index (χ2n) is 11.0. The van der Waals surface area contributed by atoms with Crippen LogP contribution in [-0.2, 0) is 22.4 Å². The van der Waals surface area contributed by atoms with Gasteiger partial charge in [0, 0.05) is 37.2 Å². The summed E-state index contributed by atoms with van der Waals surface area (Å²) in [5.74, 6) is 1.57. The van der Waals surface area contributed by atoms with E-state index in [1.165, 1.54) is 12.0 Å². The Bertz CT molecular complexity index is 917. The molecule has 1 aromatic rings. The number of pyridine rings is 1. The zero-order valence-electron chi connectivity index (χ0n) is 21.3. The summed E-state index contributed by atoms with van der Waals surface area (Å²) in [4.78, 5) is 32.4. The van der Waals surface area contributed by atoms with Gasteiger partial charge in [0.15, 0.2) is 0 Å². The average Bonchev–Trinajstić information content (AvgIpc) is 2.87. The van der Waals surface area contributed by atoms with Crippen molar-refractivity contribution in [2.45, 2.75) is 90.0 Å². The number of nitrogens with one attached hydrogen (secondary N) is 2. The number of piperidine rings is 1. The van der Waals surface area contributed by atoms with E-state index in [9.17, 15) is 14.7 Å². The minimum atomic E-state index is -0.419. The highest BCUT2D eigenvalue weighted by Gasteiger charge is 2.36. The molecular weight excluding hydrogens is 440 g/mol. The zero-order valence-corrected chi connectivity index (χ0v) is 21.3. The Morgan fingerprint density at radius 2 is 1.97 bits per heavy atom. The summed E-state index contributed by atoms with van der Waals surface area (Å²) >= 11 is 0. The Balaban J connectivity index is 1.22. The van der Waals surface area contributed by atoms with Crippen molar-refractivity contribution in [2.75, 3.05) is 25.0 Å². The van der Waals surface area contributed by atoms with Crippen LogP contribution in [0.2, 0.25) is 0 Å². The quantitative estimate of drug-likeness (QED) is 0.473. The minimum Gasteiger partial charge on any atom is -0.511 e. The SMILES string of the molecule is C=C(O)C(CC1CCN(C(=O)CCc2ccc3c(n2)NCCC3)CC1)NC(=O)C1(C)CCCCC1. The van der Waals surface area contributed by atoms with Gasteiger partial charge in [-0.15, -0.1) is 0 Å². The van der Waals surface area contributed by atoms with Crippen LogP contribution < -0.4 is 10.6 Å². The van der Waals surface area contributed by atoms with Gasteiger partial charge in [0.25, 0.3) is 0 Å². The van der Waals surface area contributed by atoms with Crippen LogP contribution >= 0.6 is 0 Å². The van der Waals surface area contributed by atoms with E-state index in [4.69, 9.17) is 4.98 Å². The molecule has 2 aliphatic heterocycles. The molecule has 1 saturated heterocycles. The van der Waals surface area contributed by atoms with E-state index in [-0.39, 0.29) is 23.0 Å². The largest absolute Gasteiger partial charge is 0.511 e. The Hall–Kier alpha value is -2.57. The van der Waals surface area contributed by atoms with E-state index < -0.39 is 6.04 Å². The van der Waals surface area contributed by atoms with Gasteiger partial charge in [0.1, 0.15) is 11.6 Å². The van der Waals surface area contributed by atoms with Gasteiger partial charge in [-0.3, -0.25) is 9.59 Å². The third-order valence-corrected chi connectivity index (χ3v) is 8.30. The molecule has 1 saturated carbocycles. The lowest BCUT2D eigenvalue weighted by atomic mass is 9.75. The molecule has 7 nitrogen and oxygen atoms in total. The number of aromatic nitrogens is 1. The molecule has 4 rings (SSSR count). The molecule has 35 heavy (non-hydrogen) atoms. The normalized spacial score (nSPS) is 20.9. The molecule has 1 aliphatic carbocycles. The van der Waals surface area contributed by atoms with Crippen LogP contribution in [0.3, 0.4) is 0 Å². The molecule has 192 valence electrons. The first-order valence-corrected chi connectivity index (χ1v) is 13.5. The molecule has 3 aliphatic rings. The molecular formula is C28H42N4O3. The predicted molar refractivity (Wildman–Crippen MR) is 138 cm³/mol. The first-order chi connectivity index (χ1) is 16.8. The number of hydrogen-bond donors (Lipinski definition) is 3. The highest BCUT2D eigenvalue weighted by Crippen LogP contribution is 2.36. The summed E-state index contributed by atoms with van der Waals surface area (Å²) in [6, 6.07) is 3.77. The smallest absolute Gasteiger partial charge is 0.226 e. The number of likely N-dealkylation sites (tertiary alicyclic amines) is 1. The molecule has 3 heterocycles. The Morgan fingerprint density at radius 3 is 2.69 bits per heavy atom. The highest BCUT2D eigenvalue weighted by atomic mass is 16.3. The molecule has 0 bridgehead atoms. The number of carbonyl (C=O) groups excluding carboxylic acids is 2. The number of fused-ring (bicyclic) bond motifs is 1. The van der Waals surface area contributed by atoms with Crippen molar-refractivity contribution in [1.29, 1.82) is 0 Å². The molecule has 1 unspecified atom stereocenters. The van der Waals surface area contributed by atoms with Gasteiger partial charge in [0.05, 0.1) is 6.04 Å². The maximum Gasteiger partial charge on any atom is 0.226 e. The number of anilines is 1. The fourth-order valence-electron chi connectivity index (χ4n) is 5.82. The van der Waals surface area contributed by atoms with Gasteiger partial charge in [-0.25, -0.2) is 4.98 Å². The monoisotopic (exact) mass is 482 g/mol. The van der Waals surface area contributed by atoms with Crippen molar-refractivity contribution in [2.24, 2.45) is 11.3 Å². The third-order valence-electron chi connectivity index (χ3n) is 8.30. The number of nitrogens with zero attached hydrogens (tertiary/aromatic N) is 2. The van der Waals surface area contributed by atoms with Gasteiger partial charge in [-0.05, 0) is 68.9 Å². The summed E-state index contributed by atoms with van der Waals surface area (Å²) in [5, 5.41) is 16.6. The molecule has 1 aromatic heterocycles.